The minimum absolute atomic E-state index is 0.0495. The Morgan fingerprint density at radius 1 is 1.32 bits per heavy atom. The SMILES string of the molecule is NC(=O)c1[nH]c(=O)nc2c1NCN2c1ccccc1. The number of para-hydroxylation sites is 1. The fraction of sp³-hybridized carbons (Fsp3) is 0.0833. The number of hydrogen-bond donors (Lipinski definition) is 3. The van der Waals surface area contributed by atoms with Crippen LogP contribution in [0.5, 0.6) is 0 Å². The van der Waals surface area contributed by atoms with E-state index in [1.54, 1.807) is 4.90 Å². The zero-order chi connectivity index (χ0) is 13.4. The average molecular weight is 257 g/mol. The maximum atomic E-state index is 11.5. The zero-order valence-electron chi connectivity index (χ0n) is 9.88. The number of H-pyrrole nitrogens is 1. The van der Waals surface area contributed by atoms with Crippen LogP contribution in [-0.2, 0) is 0 Å². The molecule has 0 saturated carbocycles. The van der Waals surface area contributed by atoms with Crippen molar-refractivity contribution in [3.05, 3.63) is 46.5 Å². The van der Waals surface area contributed by atoms with Crippen molar-refractivity contribution in [1.29, 1.82) is 0 Å². The van der Waals surface area contributed by atoms with Crippen LogP contribution in [0, 0.1) is 0 Å². The van der Waals surface area contributed by atoms with Crippen molar-refractivity contribution in [1.82, 2.24) is 9.97 Å². The molecule has 1 aromatic heterocycles. The van der Waals surface area contributed by atoms with Crippen molar-refractivity contribution in [3.63, 3.8) is 0 Å². The predicted molar refractivity (Wildman–Crippen MR) is 70.4 cm³/mol. The van der Waals surface area contributed by atoms with Gasteiger partial charge in [0.2, 0.25) is 0 Å². The molecule has 0 aliphatic carbocycles. The van der Waals surface area contributed by atoms with E-state index in [0.29, 0.717) is 18.2 Å². The minimum Gasteiger partial charge on any atom is -0.364 e. The Morgan fingerprint density at radius 3 is 2.74 bits per heavy atom. The first-order chi connectivity index (χ1) is 9.16. The maximum absolute atomic E-state index is 11.5. The highest BCUT2D eigenvalue weighted by Gasteiger charge is 2.27. The average Bonchev–Trinajstić information content (AvgIpc) is 2.82. The third-order valence-electron chi connectivity index (χ3n) is 2.90. The number of hydrogen-bond acceptors (Lipinski definition) is 5. The molecular weight excluding hydrogens is 246 g/mol. The Kier molecular flexibility index (Phi) is 2.45. The van der Waals surface area contributed by atoms with Gasteiger partial charge in [-0.3, -0.25) is 9.78 Å². The Morgan fingerprint density at radius 2 is 2.05 bits per heavy atom. The summed E-state index contributed by atoms with van der Waals surface area (Å²) in [4.78, 5) is 30.9. The molecule has 19 heavy (non-hydrogen) atoms. The number of rotatable bonds is 2. The molecule has 0 radical (unpaired) electrons. The normalized spacial score (nSPS) is 12.9. The van der Waals surface area contributed by atoms with Crippen LogP contribution in [0.1, 0.15) is 10.5 Å². The van der Waals surface area contributed by atoms with Crippen molar-refractivity contribution < 1.29 is 4.79 Å². The Bertz CT molecular complexity index is 695. The van der Waals surface area contributed by atoms with E-state index in [2.05, 4.69) is 15.3 Å². The second kappa shape index (κ2) is 4.13. The van der Waals surface area contributed by atoms with Gasteiger partial charge in [0, 0.05) is 5.69 Å². The fourth-order valence-corrected chi connectivity index (χ4v) is 2.06. The number of primary amides is 1. The predicted octanol–water partition coefficient (Wildman–Crippen LogP) is 0.390. The number of carbonyl (C=O) groups is 1. The van der Waals surface area contributed by atoms with Crippen LogP contribution in [0.15, 0.2) is 35.1 Å². The number of nitrogens with two attached hydrogens (primary N) is 1. The number of aromatic nitrogens is 2. The van der Waals surface area contributed by atoms with Gasteiger partial charge in [-0.05, 0) is 12.1 Å². The van der Waals surface area contributed by atoms with Gasteiger partial charge < -0.3 is 16.0 Å². The summed E-state index contributed by atoms with van der Waals surface area (Å²) in [5, 5.41) is 3.02. The molecular formula is C12H11N5O2. The van der Waals surface area contributed by atoms with Gasteiger partial charge in [-0.2, -0.15) is 4.98 Å². The third kappa shape index (κ3) is 1.81. The molecule has 0 fully saturated rings. The second-order valence-corrected chi connectivity index (χ2v) is 4.08. The van der Waals surface area contributed by atoms with Crippen molar-refractivity contribution >= 4 is 23.1 Å². The quantitative estimate of drug-likeness (QED) is 0.722. The summed E-state index contributed by atoms with van der Waals surface area (Å²) < 4.78 is 0. The monoisotopic (exact) mass is 257 g/mol. The van der Waals surface area contributed by atoms with E-state index in [0.717, 1.165) is 5.69 Å². The standard InChI is InChI=1S/C12H11N5O2/c13-10(18)8-9-11(16-12(19)15-8)17(6-14-9)7-4-2-1-3-5-7/h1-5,14H,6H2,(H2,13,18)(H,15,16,19). The number of aromatic amines is 1. The van der Waals surface area contributed by atoms with Crippen molar-refractivity contribution in [2.45, 2.75) is 0 Å². The number of carbonyl (C=O) groups excluding carboxylic acids is 1. The lowest BCUT2D eigenvalue weighted by Crippen LogP contribution is -2.23. The Balaban J connectivity index is 2.16. The van der Waals surface area contributed by atoms with Crippen molar-refractivity contribution in [3.8, 4) is 0 Å². The van der Waals surface area contributed by atoms with Gasteiger partial charge in [0.05, 0.1) is 6.67 Å². The van der Waals surface area contributed by atoms with Gasteiger partial charge in [-0.25, -0.2) is 4.79 Å². The molecule has 0 unspecified atom stereocenters. The van der Waals surface area contributed by atoms with Gasteiger partial charge in [0.1, 0.15) is 11.4 Å². The van der Waals surface area contributed by atoms with E-state index < -0.39 is 11.6 Å². The number of fused-ring (bicyclic) bond motifs is 1. The second-order valence-electron chi connectivity index (χ2n) is 4.08. The zero-order valence-corrected chi connectivity index (χ0v) is 9.88. The summed E-state index contributed by atoms with van der Waals surface area (Å²) in [6.07, 6.45) is 0. The van der Waals surface area contributed by atoms with Crippen LogP contribution >= 0.6 is 0 Å². The summed E-state index contributed by atoms with van der Waals surface area (Å²) >= 11 is 0. The Labute approximate surface area is 108 Å². The highest BCUT2D eigenvalue weighted by molar-refractivity contribution is 6.00. The fourth-order valence-electron chi connectivity index (χ4n) is 2.06. The molecule has 1 aromatic carbocycles. The molecule has 7 heteroatoms. The molecule has 2 heterocycles. The molecule has 1 aliphatic heterocycles. The van der Waals surface area contributed by atoms with Crippen molar-refractivity contribution in [2.75, 3.05) is 16.9 Å². The van der Waals surface area contributed by atoms with Crippen LogP contribution in [0.2, 0.25) is 0 Å². The Hall–Kier alpha value is -2.83. The van der Waals surface area contributed by atoms with Crippen molar-refractivity contribution in [2.24, 2.45) is 5.73 Å². The number of anilines is 3. The number of nitrogens with zero attached hydrogens (tertiary/aromatic N) is 2. The summed E-state index contributed by atoms with van der Waals surface area (Å²) in [5.74, 6) is -0.290. The minimum atomic E-state index is -0.696. The van der Waals surface area contributed by atoms with Crippen LogP contribution in [0.4, 0.5) is 17.2 Å². The molecule has 7 nitrogen and oxygen atoms in total. The highest BCUT2D eigenvalue weighted by Crippen LogP contribution is 2.35. The van der Waals surface area contributed by atoms with E-state index in [1.165, 1.54) is 0 Å². The molecule has 0 atom stereocenters. The van der Waals surface area contributed by atoms with E-state index >= 15 is 0 Å². The summed E-state index contributed by atoms with van der Waals surface area (Å²) in [5.41, 5.74) is 6.03. The van der Waals surface area contributed by atoms with Crippen LogP contribution in [-0.4, -0.2) is 22.5 Å². The van der Waals surface area contributed by atoms with Gasteiger partial charge in [0.25, 0.3) is 5.91 Å². The highest BCUT2D eigenvalue weighted by atomic mass is 16.2. The first-order valence-corrected chi connectivity index (χ1v) is 5.67. The molecule has 0 saturated heterocycles. The summed E-state index contributed by atoms with van der Waals surface area (Å²) in [6.45, 7) is 0.421. The third-order valence-corrected chi connectivity index (χ3v) is 2.90. The molecule has 96 valence electrons. The smallest absolute Gasteiger partial charge is 0.347 e. The molecule has 0 bridgehead atoms. The molecule has 4 N–H and O–H groups in total. The van der Waals surface area contributed by atoms with Crippen LogP contribution in [0.25, 0.3) is 0 Å². The van der Waals surface area contributed by atoms with Gasteiger partial charge in [-0.15, -0.1) is 0 Å². The first-order valence-electron chi connectivity index (χ1n) is 5.67. The summed E-state index contributed by atoms with van der Waals surface area (Å²) in [6, 6.07) is 9.45. The van der Waals surface area contributed by atoms with E-state index in [1.807, 2.05) is 30.3 Å². The van der Waals surface area contributed by atoms with Gasteiger partial charge in [0.15, 0.2) is 5.82 Å². The van der Waals surface area contributed by atoms with Crippen LogP contribution in [0.3, 0.4) is 0 Å². The number of amides is 1. The lowest BCUT2D eigenvalue weighted by atomic mass is 10.3. The molecule has 1 amide bonds. The molecule has 1 aliphatic rings. The van der Waals surface area contributed by atoms with E-state index in [4.69, 9.17) is 5.73 Å². The van der Waals surface area contributed by atoms with E-state index in [-0.39, 0.29) is 5.69 Å². The largest absolute Gasteiger partial charge is 0.364 e. The van der Waals surface area contributed by atoms with Gasteiger partial charge in [-0.1, -0.05) is 18.2 Å². The molecule has 3 rings (SSSR count). The van der Waals surface area contributed by atoms with Gasteiger partial charge >= 0.3 is 5.69 Å². The summed E-state index contributed by atoms with van der Waals surface area (Å²) in [7, 11) is 0. The van der Waals surface area contributed by atoms with Crippen LogP contribution < -0.4 is 21.6 Å². The molecule has 0 spiro atoms. The first kappa shape index (κ1) is 11.3. The molecule has 2 aromatic rings. The lowest BCUT2D eigenvalue weighted by molar-refractivity contribution is 0.0996. The topological polar surface area (TPSA) is 104 Å². The lowest BCUT2D eigenvalue weighted by Gasteiger charge is -2.16. The number of benzene rings is 1. The number of nitrogens with one attached hydrogen (secondary N) is 2. The maximum Gasteiger partial charge on any atom is 0.347 e. The van der Waals surface area contributed by atoms with E-state index in [9.17, 15) is 9.59 Å².